The van der Waals surface area contributed by atoms with E-state index in [9.17, 15) is 14.7 Å². The number of β-amino-alcohol motifs (C(OH)–C–C–N with tert-alkyl or cyclic N) is 1. The van der Waals surface area contributed by atoms with Gasteiger partial charge in [0.1, 0.15) is 0 Å². The first kappa shape index (κ1) is 18.2. The summed E-state index contributed by atoms with van der Waals surface area (Å²) in [6.45, 7) is 5.94. The van der Waals surface area contributed by atoms with Crippen molar-refractivity contribution in [3.05, 3.63) is 35.9 Å². The van der Waals surface area contributed by atoms with Gasteiger partial charge in [0.25, 0.3) is 0 Å². The third kappa shape index (κ3) is 7.22. The Morgan fingerprint density at radius 3 is 2.59 bits per heavy atom. The van der Waals surface area contributed by atoms with Crippen molar-refractivity contribution in [3.63, 3.8) is 0 Å². The topological polar surface area (TPSA) is 69.6 Å². The largest absolute Gasteiger partial charge is 0.391 e. The summed E-state index contributed by atoms with van der Waals surface area (Å²) in [6.07, 6.45) is 1.75. The molecule has 1 aliphatic heterocycles. The molecule has 122 valence electrons. The molecule has 1 saturated heterocycles. The Hall–Kier alpha value is -1.88. The van der Waals surface area contributed by atoms with E-state index in [0.29, 0.717) is 31.8 Å². The van der Waals surface area contributed by atoms with Gasteiger partial charge in [-0.2, -0.15) is 0 Å². The van der Waals surface area contributed by atoms with Gasteiger partial charge >= 0.3 is 0 Å². The highest BCUT2D eigenvalue weighted by Gasteiger charge is 2.24. The van der Waals surface area contributed by atoms with Gasteiger partial charge in [-0.3, -0.25) is 9.59 Å². The van der Waals surface area contributed by atoms with E-state index < -0.39 is 0 Å². The minimum Gasteiger partial charge on any atom is -0.391 e. The maximum atomic E-state index is 11.4. The number of nitrogens with zero attached hydrogens (tertiary/aromatic N) is 1. The fourth-order valence-electron chi connectivity index (χ4n) is 2.20. The standard InChI is InChI=1S/C9H17NO2.C8H9NO/c1-7(2)5-9(12)10-4-3-8(11)6-10;10-7-9-6-8-4-2-1-3-5-8/h7-8,11H,3-6H2,1-2H3;1-5,7H,6H2,(H,9,10). The van der Waals surface area contributed by atoms with Crippen LogP contribution in [0.15, 0.2) is 30.3 Å². The Morgan fingerprint density at radius 1 is 1.41 bits per heavy atom. The van der Waals surface area contributed by atoms with Crippen LogP contribution in [-0.4, -0.2) is 41.5 Å². The maximum Gasteiger partial charge on any atom is 0.222 e. The lowest BCUT2D eigenvalue weighted by molar-refractivity contribution is -0.131. The molecule has 1 aromatic rings. The lowest BCUT2D eigenvalue weighted by Gasteiger charge is -2.16. The van der Waals surface area contributed by atoms with Crippen LogP contribution in [0.1, 0.15) is 32.3 Å². The molecule has 0 saturated carbocycles. The van der Waals surface area contributed by atoms with Crippen molar-refractivity contribution >= 4 is 12.3 Å². The van der Waals surface area contributed by atoms with E-state index >= 15 is 0 Å². The Labute approximate surface area is 132 Å². The van der Waals surface area contributed by atoms with Gasteiger partial charge in [0.2, 0.25) is 12.3 Å². The number of benzene rings is 1. The summed E-state index contributed by atoms with van der Waals surface area (Å²) >= 11 is 0. The van der Waals surface area contributed by atoms with Crippen LogP contribution < -0.4 is 5.32 Å². The van der Waals surface area contributed by atoms with Crippen LogP contribution >= 0.6 is 0 Å². The van der Waals surface area contributed by atoms with E-state index in [4.69, 9.17) is 0 Å². The zero-order chi connectivity index (χ0) is 16.4. The number of aliphatic hydroxyl groups is 1. The Bertz CT molecular complexity index is 448. The third-order valence-corrected chi connectivity index (χ3v) is 3.33. The summed E-state index contributed by atoms with van der Waals surface area (Å²) in [5.74, 6) is 0.594. The summed E-state index contributed by atoms with van der Waals surface area (Å²) in [6, 6.07) is 9.78. The average Bonchev–Trinajstić information content (AvgIpc) is 2.93. The second-order valence-electron chi connectivity index (χ2n) is 5.86. The summed E-state index contributed by atoms with van der Waals surface area (Å²) in [4.78, 5) is 23.0. The van der Waals surface area contributed by atoms with E-state index in [-0.39, 0.29) is 12.0 Å². The first-order valence-corrected chi connectivity index (χ1v) is 7.69. The van der Waals surface area contributed by atoms with Gasteiger partial charge in [0.05, 0.1) is 6.10 Å². The van der Waals surface area contributed by atoms with E-state index in [1.54, 1.807) is 4.90 Å². The Balaban J connectivity index is 0.000000224. The Morgan fingerprint density at radius 2 is 2.09 bits per heavy atom. The summed E-state index contributed by atoms with van der Waals surface area (Å²) in [5, 5.41) is 11.8. The zero-order valence-corrected chi connectivity index (χ0v) is 13.4. The molecule has 0 radical (unpaired) electrons. The van der Waals surface area contributed by atoms with Crippen molar-refractivity contribution in [1.29, 1.82) is 0 Å². The quantitative estimate of drug-likeness (QED) is 0.811. The number of carbonyl (C=O) groups excluding carboxylic acids is 2. The van der Waals surface area contributed by atoms with Crippen LogP contribution in [0, 0.1) is 5.92 Å². The van der Waals surface area contributed by atoms with Gasteiger partial charge in [0, 0.05) is 26.1 Å². The van der Waals surface area contributed by atoms with Crippen LogP contribution in [0.2, 0.25) is 0 Å². The van der Waals surface area contributed by atoms with E-state index in [0.717, 1.165) is 18.5 Å². The molecule has 22 heavy (non-hydrogen) atoms. The van der Waals surface area contributed by atoms with Crippen LogP contribution in [0.25, 0.3) is 0 Å². The molecule has 0 aliphatic carbocycles. The van der Waals surface area contributed by atoms with Gasteiger partial charge < -0.3 is 15.3 Å². The molecule has 1 fully saturated rings. The Kier molecular flexibility index (Phi) is 8.22. The number of nitrogens with one attached hydrogen (secondary N) is 1. The average molecular weight is 306 g/mol. The molecule has 0 spiro atoms. The van der Waals surface area contributed by atoms with Crippen LogP contribution in [0.5, 0.6) is 0 Å². The minimum absolute atomic E-state index is 0.182. The van der Waals surface area contributed by atoms with Crippen LogP contribution in [0.3, 0.4) is 0 Å². The molecule has 1 atom stereocenters. The van der Waals surface area contributed by atoms with Gasteiger partial charge in [-0.15, -0.1) is 0 Å². The van der Waals surface area contributed by atoms with E-state index in [1.165, 1.54) is 0 Å². The molecule has 1 aromatic carbocycles. The highest BCUT2D eigenvalue weighted by molar-refractivity contribution is 5.76. The van der Waals surface area contributed by atoms with Gasteiger partial charge in [-0.1, -0.05) is 44.2 Å². The molecule has 0 aromatic heterocycles. The predicted octanol–water partition coefficient (Wildman–Crippen LogP) is 1.56. The fourth-order valence-corrected chi connectivity index (χ4v) is 2.20. The monoisotopic (exact) mass is 306 g/mol. The smallest absolute Gasteiger partial charge is 0.222 e. The summed E-state index contributed by atoms with van der Waals surface area (Å²) in [7, 11) is 0. The molecule has 1 heterocycles. The van der Waals surface area contributed by atoms with E-state index in [2.05, 4.69) is 5.32 Å². The molecule has 5 nitrogen and oxygen atoms in total. The summed E-state index contributed by atoms with van der Waals surface area (Å²) in [5.41, 5.74) is 1.12. The SMILES string of the molecule is CC(C)CC(=O)N1CCC(O)C1.O=CNCc1ccccc1. The number of hydrogen-bond donors (Lipinski definition) is 2. The molecular weight excluding hydrogens is 280 g/mol. The molecule has 1 unspecified atom stereocenters. The normalized spacial score (nSPS) is 16.9. The lowest BCUT2D eigenvalue weighted by Crippen LogP contribution is -2.30. The predicted molar refractivity (Wildman–Crippen MR) is 86.0 cm³/mol. The van der Waals surface area contributed by atoms with Crippen molar-refractivity contribution in [2.45, 2.75) is 39.3 Å². The zero-order valence-electron chi connectivity index (χ0n) is 13.4. The fraction of sp³-hybridized carbons (Fsp3) is 0.529. The van der Waals surface area contributed by atoms with Crippen LogP contribution in [0.4, 0.5) is 0 Å². The van der Waals surface area contributed by atoms with E-state index in [1.807, 2.05) is 44.2 Å². The molecular formula is C17H26N2O3. The van der Waals surface area contributed by atoms with Crippen LogP contribution in [-0.2, 0) is 16.1 Å². The first-order chi connectivity index (χ1) is 10.5. The molecule has 0 bridgehead atoms. The third-order valence-electron chi connectivity index (χ3n) is 3.33. The second kappa shape index (κ2) is 9.95. The van der Waals surface area contributed by atoms with Crippen molar-refractivity contribution in [1.82, 2.24) is 10.2 Å². The number of amides is 2. The molecule has 1 aliphatic rings. The first-order valence-electron chi connectivity index (χ1n) is 7.69. The molecule has 5 heteroatoms. The number of hydrogen-bond acceptors (Lipinski definition) is 3. The van der Waals surface area contributed by atoms with Crippen molar-refractivity contribution in [2.75, 3.05) is 13.1 Å². The molecule has 2 rings (SSSR count). The van der Waals surface area contributed by atoms with Gasteiger partial charge in [0.15, 0.2) is 0 Å². The van der Waals surface area contributed by atoms with Crippen molar-refractivity contribution in [3.8, 4) is 0 Å². The number of carbonyl (C=O) groups is 2. The molecule has 2 N–H and O–H groups in total. The number of likely N-dealkylation sites (tertiary alicyclic amines) is 1. The van der Waals surface area contributed by atoms with Crippen molar-refractivity contribution < 1.29 is 14.7 Å². The summed E-state index contributed by atoms with van der Waals surface area (Å²) < 4.78 is 0. The minimum atomic E-state index is -0.291. The molecule has 2 amide bonds. The van der Waals surface area contributed by atoms with Gasteiger partial charge in [-0.05, 0) is 17.9 Å². The number of rotatable bonds is 5. The maximum absolute atomic E-state index is 11.4. The van der Waals surface area contributed by atoms with Gasteiger partial charge in [-0.25, -0.2) is 0 Å². The highest BCUT2D eigenvalue weighted by atomic mass is 16.3. The van der Waals surface area contributed by atoms with Crippen molar-refractivity contribution in [2.24, 2.45) is 5.92 Å². The lowest BCUT2D eigenvalue weighted by atomic mass is 10.1. The number of aliphatic hydroxyl groups excluding tert-OH is 1. The highest BCUT2D eigenvalue weighted by Crippen LogP contribution is 2.12. The second-order valence-corrected chi connectivity index (χ2v) is 5.86.